The molecule has 4 nitrogen and oxygen atoms in total. The number of oxime groups is 1. The van der Waals surface area contributed by atoms with E-state index in [0.717, 1.165) is 24.7 Å². The summed E-state index contributed by atoms with van der Waals surface area (Å²) in [5.74, 6) is 1.74. The highest BCUT2D eigenvalue weighted by atomic mass is 16.7. The van der Waals surface area contributed by atoms with Crippen LogP contribution in [-0.2, 0) is 4.84 Å². The fourth-order valence-electron chi connectivity index (χ4n) is 3.06. The summed E-state index contributed by atoms with van der Waals surface area (Å²) in [6.45, 7) is 3.58. The molecule has 4 aliphatic heterocycles. The molecule has 2 bridgehead atoms. The summed E-state index contributed by atoms with van der Waals surface area (Å²) < 4.78 is 0. The molecule has 0 aromatic rings. The molecule has 3 fully saturated rings. The van der Waals surface area contributed by atoms with E-state index < -0.39 is 0 Å². The Bertz CT molecular complexity index is 271. The molecule has 0 amide bonds. The lowest BCUT2D eigenvalue weighted by molar-refractivity contribution is -0.136. The lowest BCUT2D eigenvalue weighted by atomic mass is 9.73. The van der Waals surface area contributed by atoms with Crippen LogP contribution in [-0.4, -0.2) is 43.0 Å². The number of piperidine rings is 3. The minimum atomic E-state index is 0.0227. The van der Waals surface area contributed by atoms with Crippen molar-refractivity contribution in [3.8, 4) is 0 Å². The molecule has 1 atom stereocenters. The number of nitrogens with zero attached hydrogens (tertiary/aromatic N) is 2. The van der Waals surface area contributed by atoms with Crippen molar-refractivity contribution in [1.82, 2.24) is 10.2 Å². The molecule has 0 unspecified atom stereocenters. The molecule has 0 aromatic carbocycles. The first kappa shape index (κ1) is 8.53. The van der Waals surface area contributed by atoms with Crippen molar-refractivity contribution < 1.29 is 4.84 Å². The summed E-state index contributed by atoms with van der Waals surface area (Å²) in [6.07, 6.45) is 3.55. The van der Waals surface area contributed by atoms with Crippen LogP contribution in [0.15, 0.2) is 5.16 Å². The highest BCUT2D eigenvalue weighted by Crippen LogP contribution is 2.42. The largest absolute Gasteiger partial charge is 0.386 e. The van der Waals surface area contributed by atoms with E-state index in [0.29, 0.717) is 0 Å². The molecule has 0 saturated carbocycles. The van der Waals surface area contributed by atoms with Gasteiger partial charge >= 0.3 is 0 Å². The van der Waals surface area contributed by atoms with E-state index in [1.807, 2.05) is 7.05 Å². The van der Waals surface area contributed by atoms with Crippen molar-refractivity contribution in [3.05, 3.63) is 0 Å². The molecule has 0 aromatic heterocycles. The Balaban J connectivity index is 1.80. The number of amidine groups is 1. The van der Waals surface area contributed by atoms with Crippen LogP contribution < -0.4 is 5.32 Å². The van der Waals surface area contributed by atoms with Gasteiger partial charge in [0.1, 0.15) is 5.84 Å². The minimum absolute atomic E-state index is 0.0227. The monoisotopic (exact) mass is 195 g/mol. The third kappa shape index (κ3) is 1.06. The molecule has 3 saturated heterocycles. The van der Waals surface area contributed by atoms with Gasteiger partial charge in [-0.1, -0.05) is 5.16 Å². The van der Waals surface area contributed by atoms with Gasteiger partial charge in [-0.05, 0) is 25.9 Å². The topological polar surface area (TPSA) is 36.9 Å². The Morgan fingerprint density at radius 1 is 1.50 bits per heavy atom. The predicted molar refractivity (Wildman–Crippen MR) is 54.1 cm³/mol. The second-order valence-electron chi connectivity index (χ2n) is 4.67. The first-order chi connectivity index (χ1) is 6.82. The van der Waals surface area contributed by atoms with Crippen LogP contribution in [0.2, 0.25) is 0 Å². The van der Waals surface area contributed by atoms with Gasteiger partial charge in [-0.2, -0.15) is 0 Å². The van der Waals surface area contributed by atoms with Crippen LogP contribution in [0.5, 0.6) is 0 Å². The van der Waals surface area contributed by atoms with E-state index in [1.54, 1.807) is 0 Å². The van der Waals surface area contributed by atoms with E-state index in [4.69, 9.17) is 4.84 Å². The van der Waals surface area contributed by atoms with Crippen molar-refractivity contribution in [2.45, 2.75) is 24.9 Å². The molecular weight excluding hydrogens is 178 g/mol. The van der Waals surface area contributed by atoms with Gasteiger partial charge in [-0.3, -0.25) is 4.90 Å². The molecular formula is C10H17N3O. The second-order valence-corrected chi connectivity index (χ2v) is 4.67. The van der Waals surface area contributed by atoms with E-state index in [2.05, 4.69) is 15.4 Å². The summed E-state index contributed by atoms with van der Waals surface area (Å²) >= 11 is 0. The third-order valence-corrected chi connectivity index (χ3v) is 3.92. The van der Waals surface area contributed by atoms with Gasteiger partial charge in [0.15, 0.2) is 5.60 Å². The predicted octanol–water partition coefficient (Wildman–Crippen LogP) is 0.404. The van der Waals surface area contributed by atoms with Gasteiger partial charge in [-0.15, -0.1) is 0 Å². The van der Waals surface area contributed by atoms with Crippen molar-refractivity contribution in [2.75, 3.05) is 26.7 Å². The molecule has 4 aliphatic rings. The summed E-state index contributed by atoms with van der Waals surface area (Å²) in [5, 5.41) is 7.23. The maximum Gasteiger partial charge on any atom is 0.160 e. The summed E-state index contributed by atoms with van der Waals surface area (Å²) in [4.78, 5) is 8.21. The van der Waals surface area contributed by atoms with Gasteiger partial charge in [0.2, 0.25) is 0 Å². The number of rotatable bonds is 0. The maximum atomic E-state index is 5.70. The molecule has 4 heterocycles. The van der Waals surface area contributed by atoms with E-state index in [-0.39, 0.29) is 5.60 Å². The van der Waals surface area contributed by atoms with Crippen LogP contribution in [0.3, 0.4) is 0 Å². The van der Waals surface area contributed by atoms with Crippen molar-refractivity contribution in [3.63, 3.8) is 0 Å². The average molecular weight is 195 g/mol. The fraction of sp³-hybridized carbons (Fsp3) is 0.900. The zero-order valence-corrected chi connectivity index (χ0v) is 8.62. The standard InChI is InChI=1S/C10H17N3O/c1-11-9-6-10(14-12-9)7-13-4-2-8(10)3-5-13/h8H,2-7H2,1H3,(H,11,12)/t10-/m1/s1. The molecule has 4 rings (SSSR count). The second kappa shape index (κ2) is 2.86. The highest BCUT2D eigenvalue weighted by Gasteiger charge is 2.52. The molecule has 1 N–H and O–H groups in total. The van der Waals surface area contributed by atoms with Gasteiger partial charge < -0.3 is 10.2 Å². The van der Waals surface area contributed by atoms with Crippen molar-refractivity contribution in [2.24, 2.45) is 11.1 Å². The molecule has 0 radical (unpaired) electrons. The molecule has 14 heavy (non-hydrogen) atoms. The van der Waals surface area contributed by atoms with E-state index >= 15 is 0 Å². The average Bonchev–Trinajstić information content (AvgIpc) is 2.63. The van der Waals surface area contributed by atoms with Crippen LogP contribution in [0, 0.1) is 5.92 Å². The lowest BCUT2D eigenvalue weighted by Crippen LogP contribution is -2.59. The Labute approximate surface area is 84.3 Å². The zero-order chi connectivity index (χ0) is 9.60. The minimum Gasteiger partial charge on any atom is -0.386 e. The smallest absolute Gasteiger partial charge is 0.160 e. The maximum absolute atomic E-state index is 5.70. The SMILES string of the molecule is CNC1=NO[C@]2(C1)CN1CCC2CC1. The summed E-state index contributed by atoms with van der Waals surface area (Å²) in [7, 11) is 1.92. The molecule has 1 spiro atoms. The van der Waals surface area contributed by atoms with E-state index in [9.17, 15) is 0 Å². The molecule has 0 aliphatic carbocycles. The first-order valence-electron chi connectivity index (χ1n) is 5.47. The zero-order valence-electron chi connectivity index (χ0n) is 8.62. The highest BCUT2D eigenvalue weighted by molar-refractivity contribution is 5.83. The Hall–Kier alpha value is -0.770. The Kier molecular flexibility index (Phi) is 1.74. The third-order valence-electron chi connectivity index (χ3n) is 3.92. The number of nitrogens with one attached hydrogen (secondary N) is 1. The van der Waals surface area contributed by atoms with Crippen molar-refractivity contribution in [1.29, 1.82) is 0 Å². The Morgan fingerprint density at radius 3 is 2.79 bits per heavy atom. The van der Waals surface area contributed by atoms with Crippen molar-refractivity contribution >= 4 is 5.84 Å². The van der Waals surface area contributed by atoms with Gasteiger partial charge in [0, 0.05) is 19.5 Å². The van der Waals surface area contributed by atoms with Crippen LogP contribution in [0.1, 0.15) is 19.3 Å². The first-order valence-corrected chi connectivity index (χ1v) is 5.47. The normalized spacial score (nSPS) is 45.1. The fourth-order valence-corrected chi connectivity index (χ4v) is 3.06. The number of hydrogen-bond donors (Lipinski definition) is 1. The van der Waals surface area contributed by atoms with Gasteiger partial charge in [0.25, 0.3) is 0 Å². The van der Waals surface area contributed by atoms with Gasteiger partial charge in [0.05, 0.1) is 6.42 Å². The molecule has 78 valence electrons. The lowest BCUT2D eigenvalue weighted by Gasteiger charge is -2.49. The summed E-state index contributed by atoms with van der Waals surface area (Å²) in [6, 6.07) is 0. The van der Waals surface area contributed by atoms with Crippen LogP contribution in [0.25, 0.3) is 0 Å². The van der Waals surface area contributed by atoms with E-state index in [1.165, 1.54) is 25.9 Å². The van der Waals surface area contributed by atoms with Gasteiger partial charge in [-0.25, -0.2) is 0 Å². The van der Waals surface area contributed by atoms with Crippen LogP contribution in [0.4, 0.5) is 0 Å². The molecule has 4 heteroatoms. The number of fused-ring (bicyclic) bond motifs is 2. The number of hydrogen-bond acceptors (Lipinski definition) is 4. The van der Waals surface area contributed by atoms with Crippen LogP contribution >= 0.6 is 0 Å². The quantitative estimate of drug-likeness (QED) is 0.608. The Morgan fingerprint density at radius 2 is 2.29 bits per heavy atom. The summed E-state index contributed by atoms with van der Waals surface area (Å²) in [5.41, 5.74) is 0.0227.